The Balaban J connectivity index is 0.922. The Hall–Kier alpha value is -6.38. The number of nitrogens with two attached hydrogens (primary N) is 1. The number of phosphoric ester groups is 1. The predicted octanol–water partition coefficient (Wildman–Crippen LogP) is 1.11. The third-order valence-corrected chi connectivity index (χ3v) is 16.7. The third-order valence-electron chi connectivity index (χ3n) is 12.9. The van der Waals surface area contributed by atoms with Gasteiger partial charge in [0.15, 0.2) is 23.5 Å². The van der Waals surface area contributed by atoms with Gasteiger partial charge in [0.1, 0.15) is 36.8 Å². The second-order valence-electron chi connectivity index (χ2n) is 17.6. The number of carbonyl (C=O) groups is 3. The van der Waals surface area contributed by atoms with Crippen LogP contribution in [0.1, 0.15) is 75.9 Å². The number of carboxylic acid groups (broad SMARTS) is 1. The molecule has 75 heavy (non-hydrogen) atoms. The number of nitrogens with one attached hydrogen (secondary N) is 3. The average Bonchev–Trinajstić information content (AvgIpc) is 3.90. The minimum Gasteiger partial charge on any atom is -0.478 e. The quantitative estimate of drug-likeness (QED) is 0.0347. The van der Waals surface area contributed by atoms with E-state index in [0.717, 1.165) is 95.7 Å². The predicted molar refractivity (Wildman–Crippen MR) is 261 cm³/mol. The van der Waals surface area contributed by atoms with Crippen LogP contribution < -0.4 is 46.7 Å². The number of rotatable bonds is 17. The molecule has 1 fully saturated rings. The van der Waals surface area contributed by atoms with E-state index < -0.39 is 78.1 Å². The monoisotopic (exact) mass is 1100 g/mol. The maximum atomic E-state index is 13.6. The molecule has 9 rings (SSSR count). The lowest BCUT2D eigenvalue weighted by Crippen LogP contribution is -2.42. The van der Waals surface area contributed by atoms with Gasteiger partial charge in [-0.2, -0.15) is 13.6 Å². The number of hydrogen-bond acceptors (Lipinski definition) is 18. The summed E-state index contributed by atoms with van der Waals surface area (Å²) in [6.07, 6.45) is -3.82. The molecule has 2 amide bonds. The number of carbonyl (C=O) groups excluding carboxylic acids is 2. The number of aryl methyl sites for hydroxylation is 2. The van der Waals surface area contributed by atoms with Crippen molar-refractivity contribution in [2.75, 3.05) is 56.5 Å². The molecule has 11 N–H and O–H groups in total. The van der Waals surface area contributed by atoms with Gasteiger partial charge < -0.3 is 65.3 Å². The van der Waals surface area contributed by atoms with Crippen molar-refractivity contribution in [1.29, 1.82) is 0 Å². The van der Waals surface area contributed by atoms with E-state index in [9.17, 15) is 52.9 Å². The molecule has 2 aromatic heterocycles. The molecule has 0 saturated carbocycles. The van der Waals surface area contributed by atoms with Gasteiger partial charge in [0.2, 0.25) is 11.3 Å². The van der Waals surface area contributed by atoms with Crippen LogP contribution in [-0.2, 0) is 49.2 Å². The fourth-order valence-corrected chi connectivity index (χ4v) is 12.7. The van der Waals surface area contributed by atoms with Crippen LogP contribution in [0.15, 0.2) is 53.6 Å². The molecule has 28 nitrogen and oxygen atoms in total. The van der Waals surface area contributed by atoms with Crippen molar-refractivity contribution in [3.63, 3.8) is 0 Å². The fraction of sp³-hybridized carbons (Fsp3) is 0.386. The van der Waals surface area contributed by atoms with E-state index in [4.69, 9.17) is 34.3 Å². The number of amides is 2. The second-order valence-corrected chi connectivity index (χ2v) is 22.1. The summed E-state index contributed by atoms with van der Waals surface area (Å²) in [5.74, 6) is -1.18. The molecular weight excluding hydrogens is 1050 g/mol. The zero-order valence-electron chi connectivity index (χ0n) is 39.9. The van der Waals surface area contributed by atoms with Crippen LogP contribution in [0, 0.1) is 0 Å². The highest BCUT2D eigenvalue weighted by atomic mass is 31.3. The van der Waals surface area contributed by atoms with Crippen LogP contribution in [0.2, 0.25) is 0 Å². The van der Waals surface area contributed by atoms with Crippen molar-refractivity contribution in [3.8, 4) is 11.5 Å². The van der Waals surface area contributed by atoms with Crippen molar-refractivity contribution in [2.24, 2.45) is 0 Å². The number of aliphatic hydroxyl groups is 1. The Morgan fingerprint density at radius 1 is 0.947 bits per heavy atom. The fourth-order valence-electron chi connectivity index (χ4n) is 9.67. The molecule has 0 aliphatic carbocycles. The largest absolute Gasteiger partial charge is 0.490 e. The van der Waals surface area contributed by atoms with Gasteiger partial charge in [0.05, 0.1) is 24.6 Å². The van der Waals surface area contributed by atoms with Gasteiger partial charge in [0.25, 0.3) is 11.5 Å². The maximum Gasteiger partial charge on any atom is 0.490 e. The van der Waals surface area contributed by atoms with E-state index in [-0.39, 0.29) is 41.3 Å². The maximum absolute atomic E-state index is 13.6. The van der Waals surface area contributed by atoms with Crippen LogP contribution in [0.4, 0.5) is 16.4 Å². The number of H-pyrrole nitrogens is 1. The number of benzene rings is 3. The van der Waals surface area contributed by atoms with Gasteiger partial charge in [-0.3, -0.25) is 23.7 Å². The SMILES string of the molecule is CCN1CCCc2cc3c(cc21)Oc1cc2c(cc1=C3c1ccc(C(=O)NCCNC(=O)O[C@H]3[C@@H](O)[C@H](n4cnc5c(=O)[nH]c(N)nc54)O[C@@H]3COP(=O)(O)OP(=O)(O)OP(=O)(O)O)cc1C(=O)O)CCC[N+]=2CC. The molecule has 4 aliphatic rings. The molecule has 400 valence electrons. The number of nitrogen functional groups attached to an aromatic ring is 1. The van der Waals surface area contributed by atoms with E-state index in [1.807, 2.05) is 12.1 Å². The van der Waals surface area contributed by atoms with Crippen LogP contribution >= 0.6 is 23.5 Å². The van der Waals surface area contributed by atoms with Crippen LogP contribution in [-0.4, -0.2) is 131 Å². The Morgan fingerprint density at radius 3 is 2.44 bits per heavy atom. The van der Waals surface area contributed by atoms with Crippen LogP contribution in [0.3, 0.4) is 0 Å². The van der Waals surface area contributed by atoms with Crippen molar-refractivity contribution >= 4 is 69.8 Å². The number of carboxylic acids is 1. The van der Waals surface area contributed by atoms with Gasteiger partial charge in [-0.05, 0) is 68.5 Å². The summed E-state index contributed by atoms with van der Waals surface area (Å²) in [6, 6.07) is 12.6. The third kappa shape index (κ3) is 11.3. The summed E-state index contributed by atoms with van der Waals surface area (Å²) in [5.41, 5.74) is 9.31. The smallest absolute Gasteiger partial charge is 0.478 e. The number of hydrogen-bond donors (Lipinski definition) is 10. The van der Waals surface area contributed by atoms with Crippen molar-refractivity contribution in [3.05, 3.63) is 103 Å². The second kappa shape index (κ2) is 21.0. The van der Waals surface area contributed by atoms with Crippen LogP contribution in [0.5, 0.6) is 11.5 Å². The zero-order valence-corrected chi connectivity index (χ0v) is 42.5. The summed E-state index contributed by atoms with van der Waals surface area (Å²) in [6.45, 7) is 5.82. The highest BCUT2D eigenvalue weighted by Crippen LogP contribution is 2.66. The van der Waals surface area contributed by atoms with Gasteiger partial charge in [0, 0.05) is 71.8 Å². The minimum absolute atomic E-state index is 0.0127. The average molecular weight is 1100 g/mol. The minimum atomic E-state index is -5.94. The number of imidazole rings is 1. The van der Waals surface area contributed by atoms with Gasteiger partial charge in [-0.15, -0.1) is 0 Å². The summed E-state index contributed by atoms with van der Waals surface area (Å²) < 4.78 is 68.9. The lowest BCUT2D eigenvalue weighted by molar-refractivity contribution is -0.0508. The standard InChI is InChI=1S/C44H50N9O19P3/c1-3-51-13-5-7-22-15-27-31(18-29(22)51)68-32-19-30-23(8-6-14-52(30)4-2)16-28(32)34(27)25-10-9-24(17-26(25)42(57)58)39(55)46-11-12-47-44(59)70-37-33(20-67-74(63,64)72-75(65,66)71-73(60,61)62)69-41(36(37)54)53-21-48-35-38(53)49-43(45)50-40(35)56/h9-10,15-19,21,33,36-37,41,54H,3-8,11-14,20H2,1-2H3,(H9-,45,46,47,49,50,55,56,57,58,59,60,61,62,63,64,65,66)/p+1/t33-,36-,37-,41-/m1/s1. The first-order valence-electron chi connectivity index (χ1n) is 23.4. The zero-order chi connectivity index (χ0) is 53.7. The lowest BCUT2D eigenvalue weighted by Gasteiger charge is -2.32. The first-order chi connectivity index (χ1) is 35.5. The van der Waals surface area contributed by atoms with E-state index in [1.165, 1.54) is 12.1 Å². The Labute approximate surface area is 423 Å². The molecule has 0 spiro atoms. The van der Waals surface area contributed by atoms with Gasteiger partial charge >= 0.3 is 35.5 Å². The molecular formula is C44H51N9O19P3+. The molecule has 0 bridgehead atoms. The van der Waals surface area contributed by atoms with Gasteiger partial charge in [-0.1, -0.05) is 6.07 Å². The van der Waals surface area contributed by atoms with E-state index in [1.54, 1.807) is 6.07 Å². The summed E-state index contributed by atoms with van der Waals surface area (Å²) >= 11 is 0. The molecule has 2 unspecified atom stereocenters. The Morgan fingerprint density at radius 2 is 1.71 bits per heavy atom. The number of aromatic carboxylic acids is 1. The molecule has 4 aliphatic heterocycles. The van der Waals surface area contributed by atoms with Crippen molar-refractivity contribution < 1.29 is 85.2 Å². The summed E-state index contributed by atoms with van der Waals surface area (Å²) in [4.78, 5) is 102. The van der Waals surface area contributed by atoms with Crippen molar-refractivity contribution in [1.82, 2.24) is 34.7 Å². The topological polar surface area (TPSA) is 399 Å². The number of phosphoric acid groups is 3. The number of ether oxygens (including phenoxy) is 3. The van der Waals surface area contributed by atoms with Gasteiger partial charge in [-0.25, -0.2) is 32.8 Å². The highest BCUT2D eigenvalue weighted by molar-refractivity contribution is 7.66. The number of fused-ring (bicyclic) bond motifs is 5. The molecule has 1 saturated heterocycles. The normalized spacial score (nSPS) is 20.7. The first-order valence-corrected chi connectivity index (χ1v) is 27.9. The van der Waals surface area contributed by atoms with Crippen LogP contribution in [0.25, 0.3) is 16.7 Å². The van der Waals surface area contributed by atoms with E-state index in [2.05, 4.69) is 69.7 Å². The number of anilines is 2. The molecule has 6 heterocycles. The Bertz CT molecular complexity index is 3490. The number of aliphatic hydroxyl groups excluding tert-OH is 1. The number of alkyl carbamates (subject to hydrolysis) is 1. The molecule has 31 heteroatoms. The lowest BCUT2D eigenvalue weighted by atomic mass is 9.86. The first kappa shape index (κ1) is 53.4. The number of aromatic nitrogens is 4. The molecule has 5 aromatic rings. The molecule has 6 atom stereocenters. The molecule has 3 aromatic carbocycles. The van der Waals surface area contributed by atoms with Crippen molar-refractivity contribution in [2.45, 2.75) is 64.1 Å². The van der Waals surface area contributed by atoms with E-state index in [0.29, 0.717) is 22.6 Å². The van der Waals surface area contributed by atoms with E-state index >= 15 is 0 Å². The number of aromatic amines is 1. The summed E-state index contributed by atoms with van der Waals surface area (Å²) in [7, 11) is -17.4. The summed E-state index contributed by atoms with van der Waals surface area (Å²) in [5, 5.41) is 28.9. The number of nitrogens with zero attached hydrogens (tertiary/aromatic N) is 5. The Kier molecular flexibility index (Phi) is 14.9. The highest BCUT2D eigenvalue weighted by Gasteiger charge is 2.50. The molecule has 0 radical (unpaired) electrons.